The van der Waals surface area contributed by atoms with Gasteiger partial charge in [0.15, 0.2) is 0 Å². The van der Waals surface area contributed by atoms with Crippen molar-refractivity contribution in [1.82, 2.24) is 10.3 Å². The van der Waals surface area contributed by atoms with Gasteiger partial charge in [0.2, 0.25) is 11.8 Å². The highest BCUT2D eigenvalue weighted by molar-refractivity contribution is 5.93. The van der Waals surface area contributed by atoms with Crippen molar-refractivity contribution >= 4 is 17.5 Å². The normalized spacial score (nSPS) is 21.7. The summed E-state index contributed by atoms with van der Waals surface area (Å²) in [6.07, 6.45) is 2.87. The van der Waals surface area contributed by atoms with Gasteiger partial charge in [-0.1, -0.05) is 6.92 Å². The third kappa shape index (κ3) is 4.47. The van der Waals surface area contributed by atoms with E-state index in [4.69, 9.17) is 15.2 Å². The number of ether oxygens (including phenoxy) is 2. The number of nitrogens with zero attached hydrogens (tertiary/aromatic N) is 2. The van der Waals surface area contributed by atoms with Crippen molar-refractivity contribution in [3.8, 4) is 5.88 Å². The second-order valence-corrected chi connectivity index (χ2v) is 9.04. The van der Waals surface area contributed by atoms with Crippen LogP contribution in [0.1, 0.15) is 43.6 Å². The predicted molar refractivity (Wildman–Crippen MR) is 108 cm³/mol. The van der Waals surface area contributed by atoms with Crippen molar-refractivity contribution in [1.29, 1.82) is 0 Å². The number of rotatable bonds is 9. The van der Waals surface area contributed by atoms with Crippen molar-refractivity contribution in [3.63, 3.8) is 0 Å². The van der Waals surface area contributed by atoms with Gasteiger partial charge in [-0.15, -0.1) is 0 Å². The van der Waals surface area contributed by atoms with Gasteiger partial charge in [0.25, 0.3) is 5.91 Å². The number of anilines is 1. The summed E-state index contributed by atoms with van der Waals surface area (Å²) < 4.78 is 11.4. The minimum Gasteiger partial charge on any atom is -0.476 e. The van der Waals surface area contributed by atoms with E-state index in [0.717, 1.165) is 32.0 Å². The molecule has 1 aromatic rings. The molecule has 4 rings (SSSR count). The maximum atomic E-state index is 12.7. The zero-order chi connectivity index (χ0) is 20.6. The molecule has 3 fully saturated rings. The van der Waals surface area contributed by atoms with Gasteiger partial charge in [0, 0.05) is 25.0 Å². The highest BCUT2D eigenvalue weighted by Gasteiger charge is 2.49. The Morgan fingerprint density at radius 1 is 1.34 bits per heavy atom. The molecule has 8 heteroatoms. The molecule has 1 aromatic heterocycles. The second-order valence-electron chi connectivity index (χ2n) is 9.04. The third-order valence-electron chi connectivity index (χ3n) is 6.01. The van der Waals surface area contributed by atoms with Crippen molar-refractivity contribution < 1.29 is 19.1 Å². The Bertz CT molecular complexity index is 783. The van der Waals surface area contributed by atoms with E-state index in [1.54, 1.807) is 13.0 Å². The lowest BCUT2D eigenvalue weighted by molar-refractivity contribution is -0.127. The van der Waals surface area contributed by atoms with Crippen LogP contribution in [0, 0.1) is 17.3 Å². The fourth-order valence-corrected chi connectivity index (χ4v) is 3.90. The highest BCUT2D eigenvalue weighted by Crippen LogP contribution is 2.43. The first-order valence-electron chi connectivity index (χ1n) is 10.4. The Morgan fingerprint density at radius 2 is 2.07 bits per heavy atom. The fourth-order valence-electron chi connectivity index (χ4n) is 3.90. The average Bonchev–Trinajstić information content (AvgIpc) is 3.42. The number of carbonyl (C=O) groups is 2. The minimum absolute atomic E-state index is 0.184. The quantitative estimate of drug-likeness (QED) is 0.645. The average molecular weight is 402 g/mol. The topological polar surface area (TPSA) is 107 Å². The van der Waals surface area contributed by atoms with Crippen LogP contribution in [0.5, 0.6) is 5.88 Å². The molecule has 3 heterocycles. The van der Waals surface area contributed by atoms with Crippen molar-refractivity contribution in [3.05, 3.63) is 17.8 Å². The van der Waals surface area contributed by atoms with E-state index >= 15 is 0 Å². The molecule has 2 amide bonds. The lowest BCUT2D eigenvalue weighted by Gasteiger charge is -2.55. The Kier molecular flexibility index (Phi) is 5.38. The van der Waals surface area contributed by atoms with E-state index in [9.17, 15) is 9.59 Å². The minimum atomic E-state index is -0.367. The summed E-state index contributed by atoms with van der Waals surface area (Å²) in [6.45, 7) is 7.75. The molecule has 1 aliphatic carbocycles. The first-order chi connectivity index (χ1) is 13.8. The van der Waals surface area contributed by atoms with Gasteiger partial charge in [0.05, 0.1) is 30.9 Å². The summed E-state index contributed by atoms with van der Waals surface area (Å²) in [5.41, 5.74) is 6.86. The molecular formula is C21H30N4O4. The van der Waals surface area contributed by atoms with Gasteiger partial charge in [-0.2, -0.15) is 0 Å². The molecule has 3 aliphatic rings. The summed E-state index contributed by atoms with van der Waals surface area (Å²) in [4.78, 5) is 30.7. The van der Waals surface area contributed by atoms with Crippen molar-refractivity contribution in [2.45, 2.75) is 39.2 Å². The highest BCUT2D eigenvalue weighted by atomic mass is 16.5. The van der Waals surface area contributed by atoms with Crippen molar-refractivity contribution in [2.75, 3.05) is 37.8 Å². The Morgan fingerprint density at radius 3 is 2.66 bits per heavy atom. The number of nitrogens with two attached hydrogens (primary N) is 1. The summed E-state index contributed by atoms with van der Waals surface area (Å²) in [5, 5.41) is 2.90. The van der Waals surface area contributed by atoms with Crippen LogP contribution < -0.4 is 20.7 Å². The maximum absolute atomic E-state index is 12.7. The monoisotopic (exact) mass is 402 g/mol. The fraction of sp³-hybridized carbons (Fsp3) is 0.667. The molecule has 29 heavy (non-hydrogen) atoms. The number of primary amides is 1. The zero-order valence-electron chi connectivity index (χ0n) is 17.1. The molecule has 0 bridgehead atoms. The second kappa shape index (κ2) is 7.82. The number of carbonyl (C=O) groups excluding carboxylic acids is 2. The third-order valence-corrected chi connectivity index (χ3v) is 6.01. The van der Waals surface area contributed by atoms with Crippen LogP contribution in [0.4, 0.5) is 5.69 Å². The Labute approximate surface area is 171 Å². The molecule has 2 saturated heterocycles. The smallest absolute Gasteiger partial charge is 0.270 e. The predicted octanol–water partition coefficient (Wildman–Crippen LogP) is 1.34. The van der Waals surface area contributed by atoms with Crippen LogP contribution in [0.2, 0.25) is 0 Å². The van der Waals surface area contributed by atoms with E-state index in [2.05, 4.69) is 15.2 Å². The lowest BCUT2D eigenvalue weighted by Crippen LogP contribution is -2.66. The van der Waals surface area contributed by atoms with E-state index < -0.39 is 0 Å². The Balaban J connectivity index is 1.43. The molecule has 1 spiro atoms. The summed E-state index contributed by atoms with van der Waals surface area (Å²) in [5.74, 6) is 0.184. The Hall–Kier alpha value is -2.35. The van der Waals surface area contributed by atoms with Crippen molar-refractivity contribution in [2.24, 2.45) is 23.0 Å². The van der Waals surface area contributed by atoms with Crippen LogP contribution in [-0.2, 0) is 9.53 Å². The largest absolute Gasteiger partial charge is 0.476 e. The molecule has 2 atom stereocenters. The molecule has 158 valence electrons. The van der Waals surface area contributed by atoms with Gasteiger partial charge < -0.3 is 25.4 Å². The van der Waals surface area contributed by atoms with Gasteiger partial charge >= 0.3 is 0 Å². The molecule has 8 nitrogen and oxygen atoms in total. The number of amides is 2. The first-order valence-corrected chi connectivity index (χ1v) is 10.4. The lowest BCUT2D eigenvalue weighted by atomic mass is 9.78. The molecule has 1 saturated carbocycles. The van der Waals surface area contributed by atoms with E-state index in [0.29, 0.717) is 30.5 Å². The van der Waals surface area contributed by atoms with Gasteiger partial charge in [-0.25, -0.2) is 4.98 Å². The summed E-state index contributed by atoms with van der Waals surface area (Å²) in [7, 11) is 0. The van der Waals surface area contributed by atoms with Crippen LogP contribution >= 0.6 is 0 Å². The molecule has 0 aromatic carbocycles. The van der Waals surface area contributed by atoms with Gasteiger partial charge in [0.1, 0.15) is 5.69 Å². The molecule has 3 N–H and O–H groups in total. The van der Waals surface area contributed by atoms with Gasteiger partial charge in [-0.3, -0.25) is 9.59 Å². The number of nitrogens with one attached hydrogen (secondary N) is 1. The van der Waals surface area contributed by atoms with Crippen LogP contribution in [0.3, 0.4) is 0 Å². The molecule has 2 aliphatic heterocycles. The standard InChI is InChI=1S/C21H30N4O4/c1-13(18(22)26)7-14(2)23-19(27)16-5-6-17(20(24-16)29-8-15-3-4-15)25-9-21(10-25)11-28-12-21/h5-6,13-15H,3-4,7-12H2,1-2H3,(H2,22,26)(H,23,27). The maximum Gasteiger partial charge on any atom is 0.270 e. The van der Waals surface area contributed by atoms with Crippen LogP contribution in [0.15, 0.2) is 12.1 Å². The molecular weight excluding hydrogens is 372 g/mol. The summed E-state index contributed by atoms with van der Waals surface area (Å²) in [6, 6.07) is 3.48. The van der Waals surface area contributed by atoms with E-state index in [-0.39, 0.29) is 29.2 Å². The SMILES string of the molecule is CC(CC(C)C(N)=O)NC(=O)c1ccc(N2CC3(COC3)C2)c(OCC2CC2)n1. The van der Waals surface area contributed by atoms with E-state index in [1.165, 1.54) is 12.8 Å². The number of aromatic nitrogens is 1. The van der Waals surface area contributed by atoms with Crippen LogP contribution in [-0.4, -0.2) is 55.8 Å². The zero-order valence-corrected chi connectivity index (χ0v) is 17.1. The van der Waals surface area contributed by atoms with Gasteiger partial charge in [-0.05, 0) is 44.2 Å². The van der Waals surface area contributed by atoms with E-state index in [1.807, 2.05) is 13.0 Å². The first kappa shape index (κ1) is 19.9. The molecule has 2 unspecified atom stereocenters. The number of hydrogen-bond donors (Lipinski definition) is 2. The number of hydrogen-bond acceptors (Lipinski definition) is 6. The summed E-state index contributed by atoms with van der Waals surface area (Å²) >= 11 is 0. The molecule has 0 radical (unpaired) electrons. The van der Waals surface area contributed by atoms with Crippen LogP contribution in [0.25, 0.3) is 0 Å². The number of pyridine rings is 1.